The number of aromatic carboxylic acids is 1. The van der Waals surface area contributed by atoms with Crippen LogP contribution in [-0.2, 0) is 11.2 Å². The Hall–Kier alpha value is -1.88. The van der Waals surface area contributed by atoms with Crippen molar-refractivity contribution in [2.75, 3.05) is 13.1 Å². The molecule has 2 atom stereocenters. The van der Waals surface area contributed by atoms with Crippen molar-refractivity contribution >= 4 is 11.9 Å². The molecule has 1 aliphatic heterocycles. The Morgan fingerprint density at radius 1 is 1.40 bits per heavy atom. The topological polar surface area (TPSA) is 78.4 Å². The standard InChI is InChI=1S/C15H20N2O3/c1-10-12(7-9-16-10)14(18)17-8-6-11-4-2-3-5-13(11)15(19)20/h2-5,10,12,16H,6-9H2,1H3,(H,17,18)(H,19,20). The van der Waals surface area contributed by atoms with Crippen molar-refractivity contribution in [3.8, 4) is 0 Å². The predicted molar refractivity (Wildman–Crippen MR) is 75.7 cm³/mol. The zero-order valence-electron chi connectivity index (χ0n) is 11.6. The maximum absolute atomic E-state index is 12.0. The molecule has 0 aliphatic carbocycles. The number of nitrogens with one attached hydrogen (secondary N) is 2. The van der Waals surface area contributed by atoms with E-state index in [-0.39, 0.29) is 17.9 Å². The third-order valence-corrected chi connectivity index (χ3v) is 3.80. The summed E-state index contributed by atoms with van der Waals surface area (Å²) in [4.78, 5) is 23.1. The Labute approximate surface area is 118 Å². The van der Waals surface area contributed by atoms with Gasteiger partial charge in [0.25, 0.3) is 0 Å². The number of benzene rings is 1. The van der Waals surface area contributed by atoms with Gasteiger partial charge in [0.15, 0.2) is 0 Å². The molecule has 1 fully saturated rings. The minimum absolute atomic E-state index is 0.0183. The summed E-state index contributed by atoms with van der Waals surface area (Å²) in [7, 11) is 0. The monoisotopic (exact) mass is 276 g/mol. The van der Waals surface area contributed by atoms with Crippen molar-refractivity contribution in [2.45, 2.75) is 25.8 Å². The highest BCUT2D eigenvalue weighted by atomic mass is 16.4. The van der Waals surface area contributed by atoms with E-state index in [1.54, 1.807) is 18.2 Å². The zero-order chi connectivity index (χ0) is 14.5. The molecule has 2 unspecified atom stereocenters. The highest BCUT2D eigenvalue weighted by Crippen LogP contribution is 2.15. The summed E-state index contributed by atoms with van der Waals surface area (Å²) in [6.07, 6.45) is 1.39. The van der Waals surface area contributed by atoms with Crippen molar-refractivity contribution in [3.63, 3.8) is 0 Å². The van der Waals surface area contributed by atoms with Gasteiger partial charge < -0.3 is 15.7 Å². The van der Waals surface area contributed by atoms with Gasteiger partial charge in [-0.25, -0.2) is 4.79 Å². The Bertz CT molecular complexity index is 502. The zero-order valence-corrected chi connectivity index (χ0v) is 11.6. The van der Waals surface area contributed by atoms with Gasteiger partial charge in [0.1, 0.15) is 0 Å². The number of rotatable bonds is 5. The summed E-state index contributed by atoms with van der Waals surface area (Å²) in [5.41, 5.74) is 1.05. The van der Waals surface area contributed by atoms with Gasteiger partial charge in [-0.05, 0) is 37.9 Å². The van der Waals surface area contributed by atoms with Crippen molar-refractivity contribution in [3.05, 3.63) is 35.4 Å². The number of carboxylic acids is 1. The Balaban J connectivity index is 1.87. The smallest absolute Gasteiger partial charge is 0.335 e. The van der Waals surface area contributed by atoms with E-state index < -0.39 is 5.97 Å². The first kappa shape index (κ1) is 14.5. The summed E-state index contributed by atoms with van der Waals surface area (Å²) in [5, 5.41) is 15.2. The molecule has 1 amide bonds. The molecule has 1 saturated heterocycles. The van der Waals surface area contributed by atoms with Crippen LogP contribution in [0.3, 0.4) is 0 Å². The average Bonchev–Trinajstić information content (AvgIpc) is 2.85. The lowest BCUT2D eigenvalue weighted by Crippen LogP contribution is -2.37. The van der Waals surface area contributed by atoms with Crippen LogP contribution in [-0.4, -0.2) is 36.1 Å². The molecule has 2 rings (SSSR count). The quantitative estimate of drug-likeness (QED) is 0.751. The minimum Gasteiger partial charge on any atom is -0.478 e. The van der Waals surface area contributed by atoms with Crippen LogP contribution in [0.1, 0.15) is 29.3 Å². The van der Waals surface area contributed by atoms with E-state index in [1.165, 1.54) is 0 Å². The van der Waals surface area contributed by atoms with Gasteiger partial charge in [0.05, 0.1) is 11.5 Å². The van der Waals surface area contributed by atoms with E-state index in [4.69, 9.17) is 5.11 Å². The number of amides is 1. The predicted octanol–water partition coefficient (Wildman–Crippen LogP) is 1.04. The van der Waals surface area contributed by atoms with Crippen LogP contribution >= 0.6 is 0 Å². The fourth-order valence-electron chi connectivity index (χ4n) is 2.62. The Kier molecular flexibility index (Phi) is 4.74. The highest BCUT2D eigenvalue weighted by Gasteiger charge is 2.28. The molecule has 0 saturated carbocycles. The fourth-order valence-corrected chi connectivity index (χ4v) is 2.62. The summed E-state index contributed by atoms with van der Waals surface area (Å²) < 4.78 is 0. The second kappa shape index (κ2) is 6.52. The second-order valence-electron chi connectivity index (χ2n) is 5.14. The van der Waals surface area contributed by atoms with E-state index >= 15 is 0 Å². The summed E-state index contributed by atoms with van der Waals surface area (Å²) >= 11 is 0. The van der Waals surface area contributed by atoms with Crippen molar-refractivity contribution in [1.82, 2.24) is 10.6 Å². The fraction of sp³-hybridized carbons (Fsp3) is 0.467. The molecule has 0 radical (unpaired) electrons. The molecule has 1 heterocycles. The van der Waals surface area contributed by atoms with Gasteiger partial charge in [-0.3, -0.25) is 4.79 Å². The van der Waals surface area contributed by atoms with E-state index in [0.29, 0.717) is 18.5 Å². The van der Waals surface area contributed by atoms with Crippen molar-refractivity contribution in [2.24, 2.45) is 5.92 Å². The normalized spacial score (nSPS) is 21.6. The van der Waals surface area contributed by atoms with Gasteiger partial charge in [0.2, 0.25) is 5.91 Å². The number of carbonyl (C=O) groups is 2. The highest BCUT2D eigenvalue weighted by molar-refractivity contribution is 5.89. The van der Waals surface area contributed by atoms with Crippen LogP contribution in [0.4, 0.5) is 0 Å². The van der Waals surface area contributed by atoms with Gasteiger partial charge in [0, 0.05) is 12.6 Å². The van der Waals surface area contributed by atoms with Gasteiger partial charge in [-0.1, -0.05) is 18.2 Å². The van der Waals surface area contributed by atoms with Crippen molar-refractivity contribution in [1.29, 1.82) is 0 Å². The minimum atomic E-state index is -0.930. The largest absolute Gasteiger partial charge is 0.478 e. The number of hydrogen-bond donors (Lipinski definition) is 3. The molecule has 0 spiro atoms. The molecule has 1 aromatic rings. The molecule has 5 nitrogen and oxygen atoms in total. The molecular formula is C15H20N2O3. The van der Waals surface area contributed by atoms with Gasteiger partial charge in [-0.15, -0.1) is 0 Å². The number of carboxylic acid groups (broad SMARTS) is 1. The molecule has 5 heteroatoms. The average molecular weight is 276 g/mol. The van der Waals surface area contributed by atoms with Crippen LogP contribution in [0.5, 0.6) is 0 Å². The van der Waals surface area contributed by atoms with Gasteiger partial charge >= 0.3 is 5.97 Å². The van der Waals surface area contributed by atoms with Crippen LogP contribution in [0.25, 0.3) is 0 Å². The molecule has 1 aromatic carbocycles. The second-order valence-corrected chi connectivity index (χ2v) is 5.14. The lowest BCUT2D eigenvalue weighted by atomic mass is 10.0. The summed E-state index contributed by atoms with van der Waals surface area (Å²) in [6.45, 7) is 3.35. The van der Waals surface area contributed by atoms with Crippen LogP contribution in [0.2, 0.25) is 0 Å². The van der Waals surface area contributed by atoms with E-state index in [0.717, 1.165) is 18.5 Å². The van der Waals surface area contributed by atoms with Crippen LogP contribution in [0, 0.1) is 5.92 Å². The lowest BCUT2D eigenvalue weighted by Gasteiger charge is -2.15. The SMILES string of the molecule is CC1NCCC1C(=O)NCCc1ccccc1C(=O)O. The van der Waals surface area contributed by atoms with Crippen LogP contribution < -0.4 is 10.6 Å². The number of carbonyl (C=O) groups excluding carboxylic acids is 1. The Morgan fingerprint density at radius 3 is 2.80 bits per heavy atom. The van der Waals surface area contributed by atoms with E-state index in [9.17, 15) is 9.59 Å². The molecule has 0 bridgehead atoms. The van der Waals surface area contributed by atoms with E-state index in [2.05, 4.69) is 10.6 Å². The first-order valence-corrected chi connectivity index (χ1v) is 6.92. The maximum atomic E-state index is 12.0. The molecule has 108 valence electrons. The summed E-state index contributed by atoms with van der Waals surface area (Å²) in [5.74, 6) is -0.861. The third-order valence-electron chi connectivity index (χ3n) is 3.80. The molecule has 0 aromatic heterocycles. The lowest BCUT2D eigenvalue weighted by molar-refractivity contribution is -0.125. The van der Waals surface area contributed by atoms with E-state index in [1.807, 2.05) is 13.0 Å². The first-order chi connectivity index (χ1) is 9.59. The van der Waals surface area contributed by atoms with Gasteiger partial charge in [-0.2, -0.15) is 0 Å². The molecule has 1 aliphatic rings. The summed E-state index contributed by atoms with van der Waals surface area (Å²) in [6, 6.07) is 7.10. The Morgan fingerprint density at radius 2 is 2.15 bits per heavy atom. The molecular weight excluding hydrogens is 256 g/mol. The maximum Gasteiger partial charge on any atom is 0.335 e. The van der Waals surface area contributed by atoms with Crippen LogP contribution in [0.15, 0.2) is 24.3 Å². The molecule has 20 heavy (non-hydrogen) atoms. The number of hydrogen-bond acceptors (Lipinski definition) is 3. The molecule has 3 N–H and O–H groups in total. The first-order valence-electron chi connectivity index (χ1n) is 6.92. The van der Waals surface area contributed by atoms with Crippen molar-refractivity contribution < 1.29 is 14.7 Å². The third kappa shape index (κ3) is 3.36.